The summed E-state index contributed by atoms with van der Waals surface area (Å²) in [6.45, 7) is 8.00. The van der Waals surface area contributed by atoms with Crippen LogP contribution in [0, 0.1) is 28.1 Å². The zero-order valence-electron chi connectivity index (χ0n) is 19.3. The molecule has 0 aromatic rings. The highest BCUT2D eigenvalue weighted by Crippen LogP contribution is 2.68. The topological polar surface area (TPSA) is 58.9 Å². The summed E-state index contributed by atoms with van der Waals surface area (Å²) in [5.41, 5.74) is 0.396. The van der Waals surface area contributed by atoms with E-state index < -0.39 is 11.4 Å². The van der Waals surface area contributed by atoms with Gasteiger partial charge in [0.05, 0.1) is 24.9 Å². The minimum atomic E-state index is -0.827. The summed E-state index contributed by atoms with van der Waals surface area (Å²) in [6, 6.07) is 0. The van der Waals surface area contributed by atoms with Gasteiger partial charge in [-0.2, -0.15) is 0 Å². The number of aliphatic hydroxyl groups excluding tert-OH is 1. The Morgan fingerprint density at radius 1 is 1.10 bits per heavy atom. The summed E-state index contributed by atoms with van der Waals surface area (Å²) in [5.74, 6) is 0.350. The standard InChI is InChI=1S/C26H39BrO4/c1-22(2)16-30-26(31-17-22)13-12-24(9-4-14-27)20-8-10-23(3)19(5-6-21(23)28)18(20)7-11-25(24,29)15-26/h4,8,14,18-19,21,28-29H,5-7,9-13,15-17H2,1-3H3/t18-,19-,21-,23-,24+,25+/m0/s1. The molecule has 1 saturated heterocycles. The second-order valence-electron chi connectivity index (χ2n) is 12.2. The van der Waals surface area contributed by atoms with Crippen LogP contribution in [0.4, 0.5) is 0 Å². The van der Waals surface area contributed by atoms with Crippen molar-refractivity contribution in [3.05, 3.63) is 22.7 Å². The van der Waals surface area contributed by atoms with Crippen LogP contribution in [-0.2, 0) is 9.47 Å². The van der Waals surface area contributed by atoms with Gasteiger partial charge in [-0.25, -0.2) is 0 Å². The molecule has 0 bridgehead atoms. The lowest BCUT2D eigenvalue weighted by atomic mass is 9.45. The van der Waals surface area contributed by atoms with Gasteiger partial charge in [-0.1, -0.05) is 54.4 Å². The van der Waals surface area contributed by atoms with E-state index in [1.54, 1.807) is 0 Å². The van der Waals surface area contributed by atoms with E-state index in [4.69, 9.17) is 9.47 Å². The van der Waals surface area contributed by atoms with Crippen molar-refractivity contribution in [2.45, 2.75) is 96.1 Å². The number of hydrogen-bond donors (Lipinski definition) is 2. The largest absolute Gasteiger partial charge is 0.393 e. The smallest absolute Gasteiger partial charge is 0.171 e. The van der Waals surface area contributed by atoms with Crippen molar-refractivity contribution >= 4 is 15.9 Å². The molecule has 4 aliphatic carbocycles. The van der Waals surface area contributed by atoms with Crippen LogP contribution in [0.25, 0.3) is 0 Å². The normalized spacial score (nSPS) is 48.2. The molecular formula is C26H39BrO4. The van der Waals surface area contributed by atoms with Crippen LogP contribution in [-0.4, -0.2) is 40.9 Å². The minimum absolute atomic E-state index is 0.00681. The Labute approximate surface area is 195 Å². The molecule has 2 N–H and O–H groups in total. The second kappa shape index (κ2) is 7.40. The number of aliphatic hydroxyl groups is 2. The fraction of sp³-hybridized carbons (Fsp3) is 0.846. The van der Waals surface area contributed by atoms with Crippen LogP contribution in [0.15, 0.2) is 22.7 Å². The maximum absolute atomic E-state index is 12.3. The quantitative estimate of drug-likeness (QED) is 0.499. The Bertz CT molecular complexity index is 780. The highest BCUT2D eigenvalue weighted by atomic mass is 79.9. The van der Waals surface area contributed by atoms with Crippen molar-refractivity contribution in [3.63, 3.8) is 0 Å². The summed E-state index contributed by atoms with van der Waals surface area (Å²) < 4.78 is 12.7. The van der Waals surface area contributed by atoms with E-state index >= 15 is 0 Å². The summed E-state index contributed by atoms with van der Waals surface area (Å²) in [5, 5.41) is 23.1. The zero-order valence-corrected chi connectivity index (χ0v) is 20.9. The first-order chi connectivity index (χ1) is 14.6. The molecule has 4 nitrogen and oxygen atoms in total. The van der Waals surface area contributed by atoms with E-state index in [2.05, 4.69) is 48.9 Å². The van der Waals surface area contributed by atoms with Crippen molar-refractivity contribution in [2.75, 3.05) is 13.2 Å². The molecule has 0 aromatic heterocycles. The van der Waals surface area contributed by atoms with Crippen LogP contribution in [0.2, 0.25) is 0 Å². The van der Waals surface area contributed by atoms with Crippen molar-refractivity contribution in [3.8, 4) is 0 Å². The first kappa shape index (κ1) is 22.6. The van der Waals surface area contributed by atoms with E-state index in [0.717, 1.165) is 51.4 Å². The molecule has 31 heavy (non-hydrogen) atoms. The molecule has 174 valence electrons. The molecule has 1 spiro atoms. The van der Waals surface area contributed by atoms with Crippen molar-refractivity contribution < 1.29 is 19.7 Å². The molecule has 1 heterocycles. The van der Waals surface area contributed by atoms with Crippen molar-refractivity contribution in [1.29, 1.82) is 0 Å². The third-order valence-corrected chi connectivity index (χ3v) is 10.2. The second-order valence-corrected chi connectivity index (χ2v) is 12.8. The number of halogens is 1. The number of allylic oxidation sites excluding steroid dienone is 2. The van der Waals surface area contributed by atoms with E-state index in [9.17, 15) is 10.2 Å². The Balaban J connectivity index is 1.51. The monoisotopic (exact) mass is 494 g/mol. The van der Waals surface area contributed by atoms with Gasteiger partial charge in [0.2, 0.25) is 0 Å². The molecule has 3 saturated carbocycles. The lowest BCUT2D eigenvalue weighted by molar-refractivity contribution is -0.343. The molecule has 1 aliphatic heterocycles. The molecular weight excluding hydrogens is 456 g/mol. The lowest BCUT2D eigenvalue weighted by Crippen LogP contribution is -2.65. The average molecular weight is 495 g/mol. The van der Waals surface area contributed by atoms with Crippen LogP contribution in [0.5, 0.6) is 0 Å². The van der Waals surface area contributed by atoms with Gasteiger partial charge < -0.3 is 19.7 Å². The highest BCUT2D eigenvalue weighted by Gasteiger charge is 2.66. The van der Waals surface area contributed by atoms with Gasteiger partial charge in [0.1, 0.15) is 0 Å². The highest BCUT2D eigenvalue weighted by molar-refractivity contribution is 9.11. The summed E-state index contributed by atoms with van der Waals surface area (Å²) >= 11 is 3.48. The molecule has 0 unspecified atom stereocenters. The predicted octanol–water partition coefficient (Wildman–Crippen LogP) is 5.47. The molecule has 6 atom stereocenters. The van der Waals surface area contributed by atoms with Crippen LogP contribution in [0.3, 0.4) is 0 Å². The van der Waals surface area contributed by atoms with Gasteiger partial charge in [0.15, 0.2) is 5.79 Å². The Kier molecular flexibility index (Phi) is 5.39. The summed E-state index contributed by atoms with van der Waals surface area (Å²) in [7, 11) is 0. The van der Waals surface area contributed by atoms with Gasteiger partial charge in [0, 0.05) is 29.1 Å². The third kappa shape index (κ3) is 3.28. The molecule has 0 radical (unpaired) electrons. The maximum Gasteiger partial charge on any atom is 0.171 e. The lowest BCUT2D eigenvalue weighted by Gasteiger charge is -2.64. The van der Waals surface area contributed by atoms with E-state index in [-0.39, 0.29) is 22.3 Å². The molecule has 5 heteroatoms. The fourth-order valence-corrected chi connectivity index (χ4v) is 8.10. The molecule has 5 rings (SSSR count). The predicted molar refractivity (Wildman–Crippen MR) is 125 cm³/mol. The van der Waals surface area contributed by atoms with E-state index in [1.807, 2.05) is 4.99 Å². The van der Waals surface area contributed by atoms with Gasteiger partial charge in [-0.15, -0.1) is 0 Å². The number of rotatable bonds is 2. The summed E-state index contributed by atoms with van der Waals surface area (Å²) in [4.78, 5) is 1.94. The molecule has 0 amide bonds. The van der Waals surface area contributed by atoms with Gasteiger partial charge in [0.25, 0.3) is 0 Å². The summed E-state index contributed by atoms with van der Waals surface area (Å²) in [6.07, 6.45) is 12.2. The van der Waals surface area contributed by atoms with Crippen LogP contribution < -0.4 is 0 Å². The number of hydrogen-bond acceptors (Lipinski definition) is 4. The van der Waals surface area contributed by atoms with Crippen LogP contribution in [0.1, 0.15) is 78.6 Å². The van der Waals surface area contributed by atoms with Crippen molar-refractivity contribution in [2.24, 2.45) is 28.1 Å². The average Bonchev–Trinajstić information content (AvgIpc) is 3.04. The third-order valence-electron chi connectivity index (χ3n) is 9.82. The zero-order chi connectivity index (χ0) is 22.1. The van der Waals surface area contributed by atoms with E-state index in [0.29, 0.717) is 31.5 Å². The molecule has 4 fully saturated rings. The number of fused-ring (bicyclic) bond motifs is 5. The Hall–Kier alpha value is -0.200. The number of ether oxygens (including phenoxy) is 2. The molecule has 5 aliphatic rings. The Morgan fingerprint density at radius 2 is 1.84 bits per heavy atom. The van der Waals surface area contributed by atoms with Gasteiger partial charge >= 0.3 is 0 Å². The minimum Gasteiger partial charge on any atom is -0.393 e. The fourth-order valence-electron chi connectivity index (χ4n) is 7.91. The van der Waals surface area contributed by atoms with Crippen LogP contribution >= 0.6 is 15.9 Å². The first-order valence-electron chi connectivity index (χ1n) is 12.2. The van der Waals surface area contributed by atoms with Gasteiger partial charge in [-0.3, -0.25) is 0 Å². The maximum atomic E-state index is 12.3. The van der Waals surface area contributed by atoms with Crippen molar-refractivity contribution in [1.82, 2.24) is 0 Å². The van der Waals surface area contributed by atoms with E-state index in [1.165, 1.54) is 5.57 Å². The Morgan fingerprint density at radius 3 is 2.55 bits per heavy atom. The molecule has 0 aromatic carbocycles. The SMILES string of the molecule is CC1(C)COC2(CC[C@]3(CC=CBr)C4=CC[C@]5(C)[C@@H](O)CC[C@H]5[C@@H]4CC[C@@]3(O)C2)OC1. The van der Waals surface area contributed by atoms with Gasteiger partial charge in [-0.05, 0) is 61.8 Å². The first-order valence-corrected chi connectivity index (χ1v) is 13.1.